The monoisotopic (exact) mass is 268 g/mol. The normalized spacial score (nSPS) is 11.3. The molecule has 1 aromatic carbocycles. The zero-order valence-electron chi connectivity index (χ0n) is 11.7. The Kier molecular flexibility index (Phi) is 5.92. The number of carboxylic acids is 1. The molecule has 0 heterocycles. The van der Waals surface area contributed by atoms with Crippen LogP contribution in [0.15, 0.2) is 18.2 Å². The molecule has 1 rings (SSSR count). The Labute approximate surface area is 113 Å². The van der Waals surface area contributed by atoms with Gasteiger partial charge in [-0.15, -0.1) is 0 Å². The smallest absolute Gasteiger partial charge is 0.338 e. The highest BCUT2D eigenvalue weighted by atomic mass is 19.1. The van der Waals surface area contributed by atoms with Gasteiger partial charge in [-0.25, -0.2) is 9.18 Å². The van der Waals surface area contributed by atoms with Crippen molar-refractivity contribution in [2.75, 3.05) is 34.2 Å². The molecule has 0 amide bonds. The van der Waals surface area contributed by atoms with Gasteiger partial charge in [0, 0.05) is 12.1 Å². The predicted molar refractivity (Wildman–Crippen MR) is 72.9 cm³/mol. The minimum atomic E-state index is -1.23. The highest BCUT2D eigenvalue weighted by Gasteiger charge is 2.14. The van der Waals surface area contributed by atoms with E-state index in [1.165, 1.54) is 6.07 Å². The summed E-state index contributed by atoms with van der Waals surface area (Å²) in [6, 6.07) is 4.49. The molecule has 0 aliphatic rings. The zero-order valence-corrected chi connectivity index (χ0v) is 11.7. The Hall–Kier alpha value is -1.46. The summed E-state index contributed by atoms with van der Waals surface area (Å²) < 4.78 is 13.9. The van der Waals surface area contributed by atoms with Gasteiger partial charge in [-0.05, 0) is 46.7 Å². The van der Waals surface area contributed by atoms with E-state index in [2.05, 4.69) is 4.90 Å². The molecular formula is C14H21FN2O2. The van der Waals surface area contributed by atoms with E-state index in [0.29, 0.717) is 12.1 Å². The maximum absolute atomic E-state index is 13.9. The molecule has 19 heavy (non-hydrogen) atoms. The summed E-state index contributed by atoms with van der Waals surface area (Å²) in [6.45, 7) is 2.23. The molecule has 0 atom stereocenters. The van der Waals surface area contributed by atoms with Gasteiger partial charge in [0.25, 0.3) is 0 Å². The average molecular weight is 268 g/mol. The largest absolute Gasteiger partial charge is 0.478 e. The molecule has 0 saturated heterocycles. The van der Waals surface area contributed by atoms with Crippen LogP contribution in [-0.2, 0) is 6.54 Å². The second-order valence-corrected chi connectivity index (χ2v) is 4.98. The van der Waals surface area contributed by atoms with Gasteiger partial charge in [-0.2, -0.15) is 0 Å². The lowest BCUT2D eigenvalue weighted by molar-refractivity contribution is 0.0691. The fourth-order valence-electron chi connectivity index (χ4n) is 1.89. The van der Waals surface area contributed by atoms with Crippen LogP contribution in [0.4, 0.5) is 4.39 Å². The van der Waals surface area contributed by atoms with Gasteiger partial charge >= 0.3 is 5.97 Å². The lowest BCUT2D eigenvalue weighted by Gasteiger charge is -2.18. The van der Waals surface area contributed by atoms with Crippen LogP contribution in [0.5, 0.6) is 0 Å². The SMILES string of the molecule is CN(C)CCCN(C)Cc1cccc(C(=O)O)c1F. The van der Waals surface area contributed by atoms with Crippen molar-refractivity contribution in [2.45, 2.75) is 13.0 Å². The maximum atomic E-state index is 13.9. The topological polar surface area (TPSA) is 43.8 Å². The molecule has 0 spiro atoms. The van der Waals surface area contributed by atoms with Crippen LogP contribution in [0.25, 0.3) is 0 Å². The number of halogens is 1. The summed E-state index contributed by atoms with van der Waals surface area (Å²) in [5.41, 5.74) is 0.159. The molecular weight excluding hydrogens is 247 g/mol. The van der Waals surface area contributed by atoms with Crippen LogP contribution in [0, 0.1) is 5.82 Å². The molecule has 106 valence electrons. The van der Waals surface area contributed by atoms with Crippen molar-refractivity contribution < 1.29 is 14.3 Å². The first kappa shape index (κ1) is 15.6. The quantitative estimate of drug-likeness (QED) is 0.820. The number of benzene rings is 1. The molecule has 0 aliphatic heterocycles. The fourth-order valence-corrected chi connectivity index (χ4v) is 1.89. The number of nitrogens with zero attached hydrogens (tertiary/aromatic N) is 2. The highest BCUT2D eigenvalue weighted by molar-refractivity contribution is 5.88. The minimum Gasteiger partial charge on any atom is -0.478 e. The number of hydrogen-bond donors (Lipinski definition) is 1. The van der Waals surface area contributed by atoms with Crippen LogP contribution in [0.2, 0.25) is 0 Å². The first-order valence-electron chi connectivity index (χ1n) is 6.25. The summed E-state index contributed by atoms with van der Waals surface area (Å²) >= 11 is 0. The van der Waals surface area contributed by atoms with E-state index in [1.54, 1.807) is 12.1 Å². The number of hydrogen-bond acceptors (Lipinski definition) is 3. The first-order valence-corrected chi connectivity index (χ1v) is 6.25. The molecule has 5 heteroatoms. The number of carbonyl (C=O) groups is 1. The van der Waals surface area contributed by atoms with Crippen LogP contribution in [0.1, 0.15) is 22.3 Å². The molecule has 0 fully saturated rings. The third-order valence-corrected chi connectivity index (χ3v) is 2.89. The molecule has 0 unspecified atom stereocenters. The van der Waals surface area contributed by atoms with E-state index in [4.69, 9.17) is 5.11 Å². The Morgan fingerprint density at radius 1 is 1.26 bits per heavy atom. The summed E-state index contributed by atoms with van der Waals surface area (Å²) in [7, 11) is 5.93. The maximum Gasteiger partial charge on any atom is 0.338 e. The average Bonchev–Trinajstić information content (AvgIpc) is 2.31. The molecule has 1 aromatic rings. The summed E-state index contributed by atoms with van der Waals surface area (Å²) in [5.74, 6) is -1.86. The van der Waals surface area contributed by atoms with Gasteiger partial charge in [0.15, 0.2) is 0 Å². The molecule has 1 N–H and O–H groups in total. The van der Waals surface area contributed by atoms with Gasteiger partial charge in [-0.3, -0.25) is 0 Å². The van der Waals surface area contributed by atoms with Crippen molar-refractivity contribution in [1.29, 1.82) is 0 Å². The lowest BCUT2D eigenvalue weighted by Crippen LogP contribution is -2.24. The molecule has 0 aliphatic carbocycles. The molecule has 0 radical (unpaired) electrons. The Bertz CT molecular complexity index is 435. The van der Waals surface area contributed by atoms with Crippen LogP contribution >= 0.6 is 0 Å². The molecule has 4 nitrogen and oxygen atoms in total. The van der Waals surface area contributed by atoms with E-state index in [9.17, 15) is 9.18 Å². The summed E-state index contributed by atoms with van der Waals surface area (Å²) in [5, 5.41) is 8.87. The summed E-state index contributed by atoms with van der Waals surface area (Å²) in [4.78, 5) is 14.9. The van der Waals surface area contributed by atoms with Gasteiger partial charge in [0.05, 0.1) is 5.56 Å². The molecule has 0 bridgehead atoms. The van der Waals surface area contributed by atoms with E-state index < -0.39 is 11.8 Å². The third kappa shape index (κ3) is 4.96. The van der Waals surface area contributed by atoms with Crippen molar-refractivity contribution in [3.8, 4) is 0 Å². The second kappa shape index (κ2) is 7.21. The molecule has 0 saturated carbocycles. The van der Waals surface area contributed by atoms with Crippen LogP contribution in [-0.4, -0.2) is 55.1 Å². The second-order valence-electron chi connectivity index (χ2n) is 4.98. The Morgan fingerprint density at radius 3 is 2.53 bits per heavy atom. The van der Waals surface area contributed by atoms with Gasteiger partial charge in [0.1, 0.15) is 5.82 Å². The van der Waals surface area contributed by atoms with Crippen molar-refractivity contribution in [2.24, 2.45) is 0 Å². The van der Waals surface area contributed by atoms with Gasteiger partial charge < -0.3 is 14.9 Å². The fraction of sp³-hybridized carbons (Fsp3) is 0.500. The predicted octanol–water partition coefficient (Wildman–Crippen LogP) is 1.91. The minimum absolute atomic E-state index is 0.265. The van der Waals surface area contributed by atoms with Crippen molar-refractivity contribution in [1.82, 2.24) is 9.80 Å². The van der Waals surface area contributed by atoms with Crippen molar-refractivity contribution >= 4 is 5.97 Å². The standard InChI is InChI=1S/C14H21FN2O2/c1-16(2)8-5-9-17(3)10-11-6-4-7-12(13(11)15)14(18)19/h4,6-7H,5,8-10H2,1-3H3,(H,18,19). The number of rotatable bonds is 7. The summed E-state index contributed by atoms with van der Waals surface area (Å²) in [6.07, 6.45) is 0.990. The van der Waals surface area contributed by atoms with Crippen molar-refractivity contribution in [3.63, 3.8) is 0 Å². The Balaban J connectivity index is 2.61. The molecule has 0 aromatic heterocycles. The van der Waals surface area contributed by atoms with Crippen LogP contribution in [0.3, 0.4) is 0 Å². The lowest BCUT2D eigenvalue weighted by atomic mass is 10.1. The van der Waals surface area contributed by atoms with Crippen molar-refractivity contribution in [3.05, 3.63) is 35.1 Å². The van der Waals surface area contributed by atoms with Gasteiger partial charge in [0.2, 0.25) is 0 Å². The Morgan fingerprint density at radius 2 is 1.95 bits per heavy atom. The highest BCUT2D eigenvalue weighted by Crippen LogP contribution is 2.14. The van der Waals surface area contributed by atoms with E-state index >= 15 is 0 Å². The third-order valence-electron chi connectivity index (χ3n) is 2.89. The zero-order chi connectivity index (χ0) is 14.4. The van der Waals surface area contributed by atoms with E-state index in [0.717, 1.165) is 19.5 Å². The number of aromatic carboxylic acids is 1. The van der Waals surface area contributed by atoms with Crippen LogP contribution < -0.4 is 0 Å². The number of carboxylic acid groups (broad SMARTS) is 1. The van der Waals surface area contributed by atoms with E-state index in [-0.39, 0.29) is 5.56 Å². The first-order chi connectivity index (χ1) is 8.91. The van der Waals surface area contributed by atoms with Gasteiger partial charge in [-0.1, -0.05) is 12.1 Å². The van der Waals surface area contributed by atoms with E-state index in [1.807, 2.05) is 26.0 Å².